The quantitative estimate of drug-likeness (QED) is 0.706. The van der Waals surface area contributed by atoms with Gasteiger partial charge in [-0.1, -0.05) is 0 Å². The number of nitrogens with two attached hydrogens (primary N) is 1. The standard InChI is InChI=1S/C10H19N3O/c1-9(14-2)5-3-4-6-13-8-10(11)7-12-13/h7-9H,3-6,11H2,1-2H3. The van der Waals surface area contributed by atoms with Gasteiger partial charge in [-0.05, 0) is 26.2 Å². The Morgan fingerprint density at radius 1 is 1.57 bits per heavy atom. The van der Waals surface area contributed by atoms with Gasteiger partial charge in [0, 0.05) is 19.9 Å². The third-order valence-corrected chi connectivity index (χ3v) is 2.30. The fourth-order valence-electron chi connectivity index (χ4n) is 1.33. The van der Waals surface area contributed by atoms with Gasteiger partial charge < -0.3 is 10.5 Å². The third-order valence-electron chi connectivity index (χ3n) is 2.30. The molecule has 0 amide bonds. The molecule has 1 rings (SSSR count). The number of rotatable bonds is 6. The van der Waals surface area contributed by atoms with Crippen molar-refractivity contribution in [1.82, 2.24) is 9.78 Å². The van der Waals surface area contributed by atoms with Gasteiger partial charge in [0.1, 0.15) is 0 Å². The molecule has 0 bridgehead atoms. The first-order chi connectivity index (χ1) is 6.72. The molecule has 0 aromatic carbocycles. The summed E-state index contributed by atoms with van der Waals surface area (Å²) in [6.45, 7) is 3.03. The molecule has 0 aliphatic carbocycles. The number of unbranched alkanes of at least 4 members (excludes halogenated alkanes) is 1. The summed E-state index contributed by atoms with van der Waals surface area (Å²) in [4.78, 5) is 0. The molecule has 1 unspecified atom stereocenters. The molecule has 4 heteroatoms. The van der Waals surface area contributed by atoms with Crippen LogP contribution in [0.15, 0.2) is 12.4 Å². The second kappa shape index (κ2) is 5.65. The minimum absolute atomic E-state index is 0.359. The van der Waals surface area contributed by atoms with Crippen LogP contribution in [-0.4, -0.2) is 23.0 Å². The van der Waals surface area contributed by atoms with Crippen molar-refractivity contribution in [3.05, 3.63) is 12.4 Å². The number of hydrogen-bond acceptors (Lipinski definition) is 3. The molecule has 80 valence electrons. The summed E-state index contributed by atoms with van der Waals surface area (Å²) in [5.41, 5.74) is 6.28. The lowest BCUT2D eigenvalue weighted by Crippen LogP contribution is -2.05. The first-order valence-electron chi connectivity index (χ1n) is 5.03. The highest BCUT2D eigenvalue weighted by Crippen LogP contribution is 2.05. The molecule has 1 heterocycles. The number of aromatic nitrogens is 2. The molecule has 1 atom stereocenters. The minimum atomic E-state index is 0.359. The zero-order chi connectivity index (χ0) is 10.4. The molecule has 0 saturated carbocycles. The Labute approximate surface area is 85.0 Å². The summed E-state index contributed by atoms with van der Waals surface area (Å²) in [7, 11) is 1.75. The summed E-state index contributed by atoms with van der Waals surface area (Å²) in [5.74, 6) is 0. The highest BCUT2D eigenvalue weighted by molar-refractivity contribution is 5.30. The maximum absolute atomic E-state index is 5.55. The second-order valence-electron chi connectivity index (χ2n) is 3.58. The molecule has 1 aromatic heterocycles. The van der Waals surface area contributed by atoms with Crippen LogP contribution in [0.25, 0.3) is 0 Å². The summed E-state index contributed by atoms with van der Waals surface area (Å²) >= 11 is 0. The Morgan fingerprint density at radius 3 is 2.93 bits per heavy atom. The number of aryl methyl sites for hydroxylation is 1. The van der Waals surface area contributed by atoms with Gasteiger partial charge in [0.25, 0.3) is 0 Å². The van der Waals surface area contributed by atoms with Crippen LogP contribution in [-0.2, 0) is 11.3 Å². The van der Waals surface area contributed by atoms with Crippen molar-refractivity contribution in [2.75, 3.05) is 12.8 Å². The Bertz CT molecular complexity index is 260. The molecule has 14 heavy (non-hydrogen) atoms. The molecular formula is C10H19N3O. The van der Waals surface area contributed by atoms with E-state index in [2.05, 4.69) is 12.0 Å². The van der Waals surface area contributed by atoms with Crippen LogP contribution in [0, 0.1) is 0 Å². The van der Waals surface area contributed by atoms with E-state index in [-0.39, 0.29) is 0 Å². The van der Waals surface area contributed by atoms with E-state index in [4.69, 9.17) is 10.5 Å². The lowest BCUT2D eigenvalue weighted by Gasteiger charge is -2.08. The van der Waals surface area contributed by atoms with Crippen LogP contribution >= 0.6 is 0 Å². The largest absolute Gasteiger partial charge is 0.396 e. The van der Waals surface area contributed by atoms with Crippen LogP contribution in [0.4, 0.5) is 5.69 Å². The second-order valence-corrected chi connectivity index (χ2v) is 3.58. The topological polar surface area (TPSA) is 53.1 Å². The zero-order valence-electron chi connectivity index (χ0n) is 8.94. The monoisotopic (exact) mass is 197 g/mol. The van der Waals surface area contributed by atoms with E-state index in [0.29, 0.717) is 6.10 Å². The molecule has 4 nitrogen and oxygen atoms in total. The van der Waals surface area contributed by atoms with Crippen molar-refractivity contribution < 1.29 is 4.74 Å². The highest BCUT2D eigenvalue weighted by Gasteiger charge is 1.99. The van der Waals surface area contributed by atoms with Crippen LogP contribution in [0.2, 0.25) is 0 Å². The number of anilines is 1. The normalized spacial score (nSPS) is 13.0. The average molecular weight is 197 g/mol. The number of hydrogen-bond donors (Lipinski definition) is 1. The summed E-state index contributed by atoms with van der Waals surface area (Å²) < 4.78 is 7.05. The van der Waals surface area contributed by atoms with Gasteiger partial charge in [0.2, 0.25) is 0 Å². The van der Waals surface area contributed by atoms with Gasteiger partial charge in [-0.25, -0.2) is 0 Å². The third kappa shape index (κ3) is 3.79. The minimum Gasteiger partial charge on any atom is -0.396 e. The van der Waals surface area contributed by atoms with Crippen molar-refractivity contribution >= 4 is 5.69 Å². The van der Waals surface area contributed by atoms with Gasteiger partial charge in [0.05, 0.1) is 18.0 Å². The van der Waals surface area contributed by atoms with E-state index in [9.17, 15) is 0 Å². The van der Waals surface area contributed by atoms with E-state index in [1.807, 2.05) is 10.9 Å². The summed E-state index contributed by atoms with van der Waals surface area (Å²) in [5, 5.41) is 4.11. The molecule has 0 fully saturated rings. The van der Waals surface area contributed by atoms with Gasteiger partial charge in [-0.2, -0.15) is 5.10 Å². The molecule has 2 N–H and O–H groups in total. The Balaban J connectivity index is 2.10. The number of nitrogens with zero attached hydrogens (tertiary/aromatic N) is 2. The van der Waals surface area contributed by atoms with E-state index in [1.54, 1.807) is 13.3 Å². The maximum atomic E-state index is 5.55. The summed E-state index contributed by atoms with van der Waals surface area (Å²) in [6, 6.07) is 0. The van der Waals surface area contributed by atoms with E-state index >= 15 is 0 Å². The molecule has 0 radical (unpaired) electrons. The molecular weight excluding hydrogens is 178 g/mol. The van der Waals surface area contributed by atoms with Crippen molar-refractivity contribution in [3.8, 4) is 0 Å². The summed E-state index contributed by atoms with van der Waals surface area (Å²) in [6.07, 6.45) is 7.28. The van der Waals surface area contributed by atoms with Crippen LogP contribution in [0.3, 0.4) is 0 Å². The first kappa shape index (κ1) is 11.0. The van der Waals surface area contributed by atoms with Crippen molar-refractivity contribution in [2.24, 2.45) is 0 Å². The SMILES string of the molecule is COC(C)CCCCn1cc(N)cn1. The van der Waals surface area contributed by atoms with Crippen molar-refractivity contribution in [2.45, 2.75) is 38.8 Å². The van der Waals surface area contributed by atoms with E-state index in [1.165, 1.54) is 0 Å². The Kier molecular flexibility index (Phi) is 4.46. The van der Waals surface area contributed by atoms with Crippen LogP contribution in [0.5, 0.6) is 0 Å². The van der Waals surface area contributed by atoms with Crippen molar-refractivity contribution in [1.29, 1.82) is 0 Å². The number of methoxy groups -OCH3 is 1. The van der Waals surface area contributed by atoms with Gasteiger partial charge >= 0.3 is 0 Å². The predicted octanol–water partition coefficient (Wildman–Crippen LogP) is 1.67. The lowest BCUT2D eigenvalue weighted by molar-refractivity contribution is 0.108. The predicted molar refractivity (Wildman–Crippen MR) is 57.0 cm³/mol. The Morgan fingerprint density at radius 2 is 2.36 bits per heavy atom. The van der Waals surface area contributed by atoms with E-state index < -0.39 is 0 Å². The molecule has 1 aromatic rings. The Hall–Kier alpha value is -1.03. The van der Waals surface area contributed by atoms with Gasteiger partial charge in [0.15, 0.2) is 0 Å². The molecule has 0 aliphatic rings. The molecule has 0 saturated heterocycles. The van der Waals surface area contributed by atoms with Crippen molar-refractivity contribution in [3.63, 3.8) is 0 Å². The fraction of sp³-hybridized carbons (Fsp3) is 0.700. The number of nitrogen functional groups attached to an aromatic ring is 1. The smallest absolute Gasteiger partial charge is 0.0719 e. The highest BCUT2D eigenvalue weighted by atomic mass is 16.5. The van der Waals surface area contributed by atoms with Crippen LogP contribution in [0.1, 0.15) is 26.2 Å². The first-order valence-corrected chi connectivity index (χ1v) is 5.03. The fourth-order valence-corrected chi connectivity index (χ4v) is 1.33. The molecule has 0 spiro atoms. The lowest BCUT2D eigenvalue weighted by atomic mass is 10.2. The van der Waals surface area contributed by atoms with E-state index in [0.717, 1.165) is 31.5 Å². The maximum Gasteiger partial charge on any atom is 0.0719 e. The molecule has 0 aliphatic heterocycles. The number of ether oxygens (including phenoxy) is 1. The van der Waals surface area contributed by atoms with Crippen LogP contribution < -0.4 is 5.73 Å². The van der Waals surface area contributed by atoms with Gasteiger partial charge in [-0.3, -0.25) is 4.68 Å². The average Bonchev–Trinajstić information content (AvgIpc) is 2.58. The zero-order valence-corrected chi connectivity index (χ0v) is 8.94. The van der Waals surface area contributed by atoms with Gasteiger partial charge in [-0.15, -0.1) is 0 Å².